The van der Waals surface area contributed by atoms with Crippen molar-refractivity contribution in [3.8, 4) is 0 Å². The largest absolute Gasteiger partial charge is 0.417 e. The second kappa shape index (κ2) is 11.7. The van der Waals surface area contributed by atoms with E-state index in [1.807, 2.05) is 0 Å². The molecule has 14 heteroatoms. The summed E-state index contributed by atoms with van der Waals surface area (Å²) in [7, 11) is 0. The minimum Gasteiger partial charge on any atom is -0.363 e. The molecule has 0 aliphatic carbocycles. The number of alkyl halides is 6. The minimum atomic E-state index is -5.12. The summed E-state index contributed by atoms with van der Waals surface area (Å²) in [6.07, 6.45) is -8.86. The van der Waals surface area contributed by atoms with E-state index in [9.17, 15) is 35.5 Å². The molecule has 1 heterocycles. The van der Waals surface area contributed by atoms with E-state index >= 15 is 0 Å². The van der Waals surface area contributed by atoms with Crippen molar-refractivity contribution in [1.29, 1.82) is 0 Å². The predicted molar refractivity (Wildman–Crippen MR) is 133 cm³/mol. The lowest BCUT2D eigenvalue weighted by Gasteiger charge is -2.19. The third-order valence-corrected chi connectivity index (χ3v) is 6.51. The van der Waals surface area contributed by atoms with Crippen LogP contribution in [-0.2, 0) is 6.18 Å². The van der Waals surface area contributed by atoms with Gasteiger partial charge in [0.05, 0.1) is 32.2 Å². The molecule has 0 spiro atoms. The number of halogens is 11. The molecule has 2 aromatic carbocycles. The normalized spacial score (nSPS) is 13.4. The minimum absolute atomic E-state index is 0.0840. The summed E-state index contributed by atoms with van der Waals surface area (Å²) in [6, 6.07) is 6.18. The highest BCUT2D eigenvalue weighted by Crippen LogP contribution is 2.42. The molecular formula is C24H13Cl4F7N2O. The Kier molecular flexibility index (Phi) is 9.24. The molecule has 3 rings (SSSR count). The number of carbonyl (C=O) groups is 1. The lowest BCUT2D eigenvalue weighted by atomic mass is 9.95. The van der Waals surface area contributed by atoms with Crippen molar-refractivity contribution in [3.05, 3.63) is 97.1 Å². The van der Waals surface area contributed by atoms with E-state index in [0.717, 1.165) is 18.2 Å². The fraction of sp³-hybridized carbons (Fsp3) is 0.167. The molecule has 1 unspecified atom stereocenters. The van der Waals surface area contributed by atoms with Crippen molar-refractivity contribution < 1.29 is 35.5 Å². The third-order valence-electron chi connectivity index (χ3n) is 5.09. The Labute approximate surface area is 231 Å². The van der Waals surface area contributed by atoms with E-state index in [4.69, 9.17) is 46.4 Å². The highest BCUT2D eigenvalue weighted by molar-refractivity contribution is 6.48. The number of nitrogens with one attached hydrogen (secondary N) is 1. The molecule has 0 amide bonds. The fourth-order valence-electron chi connectivity index (χ4n) is 3.29. The van der Waals surface area contributed by atoms with E-state index in [0.29, 0.717) is 11.1 Å². The van der Waals surface area contributed by atoms with Crippen LogP contribution in [0, 0.1) is 0 Å². The zero-order valence-electron chi connectivity index (χ0n) is 18.5. The Bertz CT molecular complexity index is 1350. The summed E-state index contributed by atoms with van der Waals surface area (Å²) in [5, 5.41) is 1.94. The van der Waals surface area contributed by atoms with Crippen molar-refractivity contribution >= 4 is 63.8 Å². The smallest absolute Gasteiger partial charge is 0.363 e. The van der Waals surface area contributed by atoms with Crippen molar-refractivity contribution in [1.82, 2.24) is 4.98 Å². The van der Waals surface area contributed by atoms with Gasteiger partial charge in [-0.05, 0) is 42.0 Å². The van der Waals surface area contributed by atoms with Crippen LogP contribution >= 0.6 is 46.4 Å². The van der Waals surface area contributed by atoms with Crippen LogP contribution in [0.15, 0.2) is 54.7 Å². The predicted octanol–water partition coefficient (Wildman–Crippen LogP) is 9.67. The monoisotopic (exact) mass is 618 g/mol. The number of rotatable bonds is 7. The molecule has 0 bridgehead atoms. The second-order valence-corrected chi connectivity index (χ2v) is 9.36. The van der Waals surface area contributed by atoms with Crippen molar-refractivity contribution in [2.24, 2.45) is 0 Å². The molecule has 0 fully saturated rings. The first-order valence-corrected chi connectivity index (χ1v) is 11.8. The number of pyridine rings is 1. The van der Waals surface area contributed by atoms with Gasteiger partial charge < -0.3 is 5.32 Å². The van der Waals surface area contributed by atoms with Gasteiger partial charge >= 0.3 is 12.4 Å². The summed E-state index contributed by atoms with van der Waals surface area (Å²) < 4.78 is 97.5. The van der Waals surface area contributed by atoms with Crippen molar-refractivity contribution in [3.63, 3.8) is 0 Å². The quantitative estimate of drug-likeness (QED) is 0.163. The average Bonchev–Trinajstić information content (AvgIpc) is 2.83. The first-order valence-electron chi connectivity index (χ1n) is 10.3. The molecule has 1 atom stereocenters. The molecule has 38 heavy (non-hydrogen) atoms. The Hall–Kier alpha value is -2.53. The fourth-order valence-corrected chi connectivity index (χ4v) is 4.02. The van der Waals surface area contributed by atoms with Gasteiger partial charge in [-0.2, -0.15) is 26.3 Å². The van der Waals surface area contributed by atoms with Gasteiger partial charge in [-0.3, -0.25) is 4.79 Å². The number of benzene rings is 2. The first kappa shape index (κ1) is 30.0. The maximum absolute atomic E-state index is 15.0. The van der Waals surface area contributed by atoms with E-state index in [-0.39, 0.29) is 33.0 Å². The van der Waals surface area contributed by atoms with Crippen LogP contribution in [-0.4, -0.2) is 23.5 Å². The van der Waals surface area contributed by atoms with E-state index in [1.165, 1.54) is 18.3 Å². The van der Waals surface area contributed by atoms with Gasteiger partial charge in [-0.1, -0.05) is 58.5 Å². The van der Waals surface area contributed by atoms with Crippen molar-refractivity contribution in [2.75, 3.05) is 11.9 Å². The van der Waals surface area contributed by atoms with Crippen LogP contribution in [0.4, 0.5) is 36.6 Å². The lowest BCUT2D eigenvalue weighted by Crippen LogP contribution is -2.20. The molecule has 3 aromatic rings. The summed E-state index contributed by atoms with van der Waals surface area (Å²) in [6.45, 7) is -0.608. The zero-order chi connectivity index (χ0) is 28.4. The Balaban J connectivity index is 1.97. The van der Waals surface area contributed by atoms with Crippen LogP contribution < -0.4 is 5.32 Å². The number of allylic oxidation sites excluding steroid dienone is 1. The van der Waals surface area contributed by atoms with Crippen LogP contribution in [0.1, 0.15) is 33.0 Å². The lowest BCUT2D eigenvalue weighted by molar-refractivity contribution is -0.140. The number of hydrogen-bond donors (Lipinski definition) is 1. The summed E-state index contributed by atoms with van der Waals surface area (Å²) >= 11 is 23.0. The number of anilines is 1. The molecule has 0 aliphatic heterocycles. The number of ketones is 1. The Morgan fingerprint density at radius 3 is 2.11 bits per heavy atom. The Morgan fingerprint density at radius 2 is 1.58 bits per heavy atom. The maximum Gasteiger partial charge on any atom is 0.417 e. The molecule has 0 radical (unpaired) electrons. The van der Waals surface area contributed by atoms with Gasteiger partial charge in [0.1, 0.15) is 17.6 Å². The summed E-state index contributed by atoms with van der Waals surface area (Å²) in [5.74, 6) is -5.12. The zero-order valence-corrected chi connectivity index (χ0v) is 21.5. The van der Waals surface area contributed by atoms with Crippen LogP contribution in [0.2, 0.25) is 20.1 Å². The van der Waals surface area contributed by atoms with Gasteiger partial charge in [-0.25, -0.2) is 9.37 Å². The number of hydrogen-bond acceptors (Lipinski definition) is 3. The average molecular weight is 620 g/mol. The summed E-state index contributed by atoms with van der Waals surface area (Å²) in [5.41, 5.74) is -3.77. The maximum atomic E-state index is 15.0. The molecule has 202 valence electrons. The van der Waals surface area contributed by atoms with Gasteiger partial charge in [-0.15, -0.1) is 0 Å². The summed E-state index contributed by atoms with van der Waals surface area (Å²) in [4.78, 5) is 16.4. The number of Topliss-reactive ketones (excluding diaryl/α,β-unsaturated/α-hetero) is 1. The number of nitrogens with zero attached hydrogens (tertiary/aromatic N) is 1. The van der Waals surface area contributed by atoms with Gasteiger partial charge in [0, 0.05) is 17.3 Å². The first-order chi connectivity index (χ1) is 17.6. The number of carbonyl (C=O) groups excluding carboxylic acids is 1. The molecule has 0 saturated heterocycles. The van der Waals surface area contributed by atoms with Gasteiger partial charge in [0.25, 0.3) is 0 Å². The van der Waals surface area contributed by atoms with E-state index in [1.54, 1.807) is 0 Å². The number of aromatic nitrogens is 1. The van der Waals surface area contributed by atoms with E-state index in [2.05, 4.69) is 10.3 Å². The molecular weight excluding hydrogens is 607 g/mol. The SMILES string of the molecule is O=C(CNc1ccc(Cl)cn1)c1ccc(/C(F)=C/C(c2cc(Cl)c(Cl)c(Cl)c2)C(F)(F)F)cc1C(F)(F)F. The standard InChI is InChI=1S/C24H13Cl4F7N2O/c25-13-2-4-21(36-9-13)37-10-20(38)14-3-1-11(5-16(14)24(33,34)35)19(29)8-15(23(30,31)32)12-6-17(26)22(28)18(27)7-12/h1-9,15H,10H2,(H,36,37)/b19-8-. The van der Waals surface area contributed by atoms with Crippen LogP contribution in [0.25, 0.3) is 5.83 Å². The molecule has 0 aliphatic rings. The van der Waals surface area contributed by atoms with Crippen LogP contribution in [0.3, 0.4) is 0 Å². The molecule has 0 saturated carbocycles. The Morgan fingerprint density at radius 1 is 0.947 bits per heavy atom. The van der Waals surface area contributed by atoms with E-state index < -0.39 is 58.7 Å². The van der Waals surface area contributed by atoms with Gasteiger partial charge in [0.2, 0.25) is 0 Å². The second-order valence-electron chi connectivity index (χ2n) is 7.73. The van der Waals surface area contributed by atoms with Crippen LogP contribution in [0.5, 0.6) is 0 Å². The third kappa shape index (κ3) is 7.31. The topological polar surface area (TPSA) is 42.0 Å². The molecule has 3 nitrogen and oxygen atoms in total. The van der Waals surface area contributed by atoms with Gasteiger partial charge in [0.15, 0.2) is 5.78 Å². The highest BCUT2D eigenvalue weighted by atomic mass is 35.5. The molecule has 1 N–H and O–H groups in total. The van der Waals surface area contributed by atoms with Crippen molar-refractivity contribution in [2.45, 2.75) is 18.3 Å². The highest BCUT2D eigenvalue weighted by Gasteiger charge is 2.41. The molecule has 1 aromatic heterocycles.